The molecular formula is C21H14BrN3O2. The Morgan fingerprint density at radius 2 is 1.96 bits per heavy atom. The van der Waals surface area contributed by atoms with Crippen molar-refractivity contribution in [1.82, 2.24) is 9.97 Å². The molecule has 0 unspecified atom stereocenters. The minimum atomic E-state index is -0.215. The lowest BCUT2D eigenvalue weighted by molar-refractivity contribution is -0.111. The first kappa shape index (κ1) is 17.2. The van der Waals surface area contributed by atoms with Crippen molar-refractivity contribution in [1.29, 1.82) is 0 Å². The highest BCUT2D eigenvalue weighted by Gasteiger charge is 2.09. The van der Waals surface area contributed by atoms with Crippen molar-refractivity contribution in [2.45, 2.75) is 0 Å². The summed E-state index contributed by atoms with van der Waals surface area (Å²) < 4.78 is 6.74. The van der Waals surface area contributed by atoms with Crippen LogP contribution in [0.15, 0.2) is 82.0 Å². The van der Waals surface area contributed by atoms with E-state index >= 15 is 0 Å². The van der Waals surface area contributed by atoms with Crippen molar-refractivity contribution < 1.29 is 9.21 Å². The monoisotopic (exact) mass is 419 g/mol. The molecule has 6 heteroatoms. The first-order chi connectivity index (χ1) is 13.2. The van der Waals surface area contributed by atoms with Crippen LogP contribution in [0, 0.1) is 0 Å². The zero-order valence-electron chi connectivity index (χ0n) is 14.1. The van der Waals surface area contributed by atoms with Crippen LogP contribution >= 0.6 is 15.9 Å². The molecule has 0 saturated carbocycles. The molecule has 0 saturated heterocycles. The molecule has 4 aromatic rings. The van der Waals surface area contributed by atoms with E-state index in [0.717, 1.165) is 15.6 Å². The fourth-order valence-electron chi connectivity index (χ4n) is 2.55. The van der Waals surface area contributed by atoms with Gasteiger partial charge < -0.3 is 9.73 Å². The largest absolute Gasteiger partial charge is 0.436 e. The molecule has 0 aliphatic carbocycles. The molecule has 0 aliphatic rings. The van der Waals surface area contributed by atoms with Crippen LogP contribution in [-0.4, -0.2) is 15.9 Å². The van der Waals surface area contributed by atoms with Crippen LogP contribution in [0.3, 0.4) is 0 Å². The number of hydrogen-bond donors (Lipinski definition) is 1. The highest BCUT2D eigenvalue weighted by atomic mass is 79.9. The van der Waals surface area contributed by atoms with Crippen LogP contribution in [-0.2, 0) is 4.79 Å². The summed E-state index contributed by atoms with van der Waals surface area (Å²) in [5.74, 6) is 0.282. The number of amides is 1. The Bertz CT molecular complexity index is 1120. The van der Waals surface area contributed by atoms with Crippen LogP contribution in [0.25, 0.3) is 28.6 Å². The van der Waals surface area contributed by atoms with Crippen LogP contribution < -0.4 is 5.32 Å². The molecule has 2 heterocycles. The highest BCUT2D eigenvalue weighted by Crippen LogP contribution is 2.25. The van der Waals surface area contributed by atoms with Gasteiger partial charge in [0.2, 0.25) is 11.8 Å². The number of aromatic nitrogens is 2. The van der Waals surface area contributed by atoms with Crippen molar-refractivity contribution in [2.75, 3.05) is 5.32 Å². The van der Waals surface area contributed by atoms with E-state index in [4.69, 9.17) is 4.42 Å². The summed E-state index contributed by atoms with van der Waals surface area (Å²) in [6.45, 7) is 0. The van der Waals surface area contributed by atoms with Crippen molar-refractivity contribution in [2.24, 2.45) is 0 Å². The van der Waals surface area contributed by atoms with E-state index in [9.17, 15) is 4.79 Å². The van der Waals surface area contributed by atoms with Crippen molar-refractivity contribution in [3.05, 3.63) is 83.1 Å². The number of nitrogens with one attached hydrogen (secondary N) is 1. The Labute approximate surface area is 163 Å². The number of halogens is 1. The minimum absolute atomic E-state index is 0.215. The lowest BCUT2D eigenvalue weighted by atomic mass is 10.2. The van der Waals surface area contributed by atoms with Gasteiger partial charge in [-0.1, -0.05) is 28.1 Å². The summed E-state index contributed by atoms with van der Waals surface area (Å²) in [7, 11) is 0. The van der Waals surface area contributed by atoms with Crippen molar-refractivity contribution in [3.8, 4) is 11.5 Å². The summed E-state index contributed by atoms with van der Waals surface area (Å²) in [5, 5.41) is 2.84. The number of hydrogen-bond acceptors (Lipinski definition) is 4. The lowest BCUT2D eigenvalue weighted by Gasteiger charge is -2.01. The molecule has 0 radical (unpaired) electrons. The molecular weight excluding hydrogens is 406 g/mol. The van der Waals surface area contributed by atoms with E-state index in [2.05, 4.69) is 31.2 Å². The smallest absolute Gasteiger partial charge is 0.248 e. The second-order valence-electron chi connectivity index (χ2n) is 5.82. The van der Waals surface area contributed by atoms with Gasteiger partial charge in [0, 0.05) is 28.6 Å². The van der Waals surface area contributed by atoms with E-state index in [1.807, 2.05) is 36.4 Å². The number of fused-ring (bicyclic) bond motifs is 1. The first-order valence-corrected chi connectivity index (χ1v) is 9.02. The number of carbonyl (C=O) groups excluding carboxylic acids is 1. The number of rotatable bonds is 4. The summed E-state index contributed by atoms with van der Waals surface area (Å²) in [5.41, 5.74) is 3.72. The molecule has 0 fully saturated rings. The molecule has 0 spiro atoms. The predicted octanol–water partition coefficient (Wildman–Crippen LogP) is 5.30. The number of benzene rings is 2. The first-order valence-electron chi connectivity index (χ1n) is 8.23. The second-order valence-corrected chi connectivity index (χ2v) is 6.73. The zero-order valence-corrected chi connectivity index (χ0v) is 15.7. The molecule has 2 aromatic heterocycles. The Morgan fingerprint density at radius 1 is 1.11 bits per heavy atom. The third kappa shape index (κ3) is 4.12. The van der Waals surface area contributed by atoms with Crippen LogP contribution in [0.1, 0.15) is 5.56 Å². The van der Waals surface area contributed by atoms with Gasteiger partial charge in [0.25, 0.3) is 0 Å². The van der Waals surface area contributed by atoms with E-state index < -0.39 is 0 Å². The van der Waals surface area contributed by atoms with Gasteiger partial charge in [0.1, 0.15) is 5.52 Å². The normalized spacial score (nSPS) is 11.1. The van der Waals surface area contributed by atoms with E-state index in [0.29, 0.717) is 22.7 Å². The Kier molecular flexibility index (Phi) is 4.80. The number of carbonyl (C=O) groups is 1. The van der Waals surface area contributed by atoms with Crippen molar-refractivity contribution >= 4 is 44.7 Å². The summed E-state index contributed by atoms with van der Waals surface area (Å²) in [6, 6.07) is 16.8. The van der Waals surface area contributed by atoms with Gasteiger partial charge in [-0.15, -0.1) is 0 Å². The second kappa shape index (κ2) is 7.55. The van der Waals surface area contributed by atoms with E-state index in [-0.39, 0.29) is 5.91 Å². The Hall–Kier alpha value is -3.25. The van der Waals surface area contributed by atoms with E-state index in [1.54, 1.807) is 36.7 Å². The van der Waals surface area contributed by atoms with Gasteiger partial charge in [0.15, 0.2) is 5.58 Å². The third-order valence-electron chi connectivity index (χ3n) is 3.86. The number of anilines is 1. The minimum Gasteiger partial charge on any atom is -0.436 e. The maximum atomic E-state index is 12.2. The molecule has 5 nitrogen and oxygen atoms in total. The summed E-state index contributed by atoms with van der Waals surface area (Å²) >= 11 is 3.39. The fourth-order valence-corrected chi connectivity index (χ4v) is 2.81. The molecule has 1 amide bonds. The third-order valence-corrected chi connectivity index (χ3v) is 4.39. The van der Waals surface area contributed by atoms with Gasteiger partial charge in [0.05, 0.1) is 5.56 Å². The van der Waals surface area contributed by atoms with Crippen LogP contribution in [0.5, 0.6) is 0 Å². The number of nitrogens with zero attached hydrogens (tertiary/aromatic N) is 2. The maximum absolute atomic E-state index is 12.2. The highest BCUT2D eigenvalue weighted by molar-refractivity contribution is 9.10. The predicted molar refractivity (Wildman–Crippen MR) is 109 cm³/mol. The van der Waals surface area contributed by atoms with Gasteiger partial charge in [-0.2, -0.15) is 0 Å². The molecule has 1 N–H and O–H groups in total. The quantitative estimate of drug-likeness (QED) is 0.455. The summed E-state index contributed by atoms with van der Waals surface area (Å²) in [6.07, 6.45) is 6.65. The standard InChI is InChI=1S/C21H14BrN3O2/c22-16-6-3-14(4-7-16)5-10-20(26)24-17-8-9-19-18(12-17)25-21(27-19)15-2-1-11-23-13-15/h1-13H,(H,24,26). The fraction of sp³-hybridized carbons (Fsp3) is 0. The van der Waals surface area contributed by atoms with Gasteiger partial charge in [-0.3, -0.25) is 9.78 Å². The Balaban J connectivity index is 1.50. The maximum Gasteiger partial charge on any atom is 0.248 e. The zero-order chi connectivity index (χ0) is 18.6. The van der Waals surface area contributed by atoms with Gasteiger partial charge >= 0.3 is 0 Å². The summed E-state index contributed by atoms with van der Waals surface area (Å²) in [4.78, 5) is 20.7. The molecule has 0 atom stereocenters. The van der Waals surface area contributed by atoms with Crippen LogP contribution in [0.4, 0.5) is 5.69 Å². The molecule has 0 aliphatic heterocycles. The molecule has 132 valence electrons. The van der Waals surface area contributed by atoms with Gasteiger partial charge in [-0.25, -0.2) is 4.98 Å². The average Bonchev–Trinajstić information content (AvgIpc) is 3.12. The topological polar surface area (TPSA) is 68.0 Å². The average molecular weight is 420 g/mol. The number of pyridine rings is 1. The number of oxazole rings is 1. The van der Waals surface area contributed by atoms with Crippen LogP contribution in [0.2, 0.25) is 0 Å². The Morgan fingerprint density at radius 3 is 2.74 bits per heavy atom. The van der Waals surface area contributed by atoms with Crippen molar-refractivity contribution in [3.63, 3.8) is 0 Å². The molecule has 4 rings (SSSR count). The SMILES string of the molecule is O=C(C=Cc1ccc(Br)cc1)Nc1ccc2oc(-c3cccnc3)nc2c1. The molecule has 0 bridgehead atoms. The molecule has 27 heavy (non-hydrogen) atoms. The van der Waals surface area contributed by atoms with E-state index in [1.165, 1.54) is 6.08 Å². The van der Waals surface area contributed by atoms with Gasteiger partial charge in [-0.05, 0) is 54.1 Å². The molecule has 2 aromatic carbocycles. The lowest BCUT2D eigenvalue weighted by Crippen LogP contribution is -2.07.